The number of amides is 1. The number of carbonyl (C=O) groups excluding carboxylic acids is 1. The molecule has 4 aliphatic carbocycles. The second kappa shape index (κ2) is 6.72. The fourth-order valence-electron chi connectivity index (χ4n) is 6.96. The predicted octanol–water partition coefficient (Wildman–Crippen LogP) is 3.95. The van der Waals surface area contributed by atoms with Gasteiger partial charge in [-0.15, -0.1) is 0 Å². The molecule has 0 radical (unpaired) electrons. The highest BCUT2D eigenvalue weighted by molar-refractivity contribution is 5.77. The molecule has 4 nitrogen and oxygen atoms in total. The quantitative estimate of drug-likeness (QED) is 0.807. The lowest BCUT2D eigenvalue weighted by atomic mass is 9.49. The van der Waals surface area contributed by atoms with Crippen LogP contribution in [0.25, 0.3) is 0 Å². The summed E-state index contributed by atoms with van der Waals surface area (Å²) in [6.45, 7) is 3.53. The zero-order valence-electron chi connectivity index (χ0n) is 16.5. The number of anilines is 1. The summed E-state index contributed by atoms with van der Waals surface area (Å²) in [5.74, 6) is 4.09. The van der Waals surface area contributed by atoms with Crippen LogP contribution in [0.4, 0.5) is 5.69 Å². The molecule has 27 heavy (non-hydrogen) atoms. The first-order valence-corrected chi connectivity index (χ1v) is 10.8. The van der Waals surface area contributed by atoms with Crippen molar-refractivity contribution in [2.24, 2.45) is 23.2 Å². The normalized spacial score (nSPS) is 34.8. The van der Waals surface area contributed by atoms with Gasteiger partial charge in [-0.25, -0.2) is 0 Å². The summed E-state index contributed by atoms with van der Waals surface area (Å²) in [5, 5.41) is 0. The maximum atomic E-state index is 13.1. The molecular weight excluding hydrogens is 336 g/mol. The number of hydrogen-bond acceptors (Lipinski definition) is 3. The van der Waals surface area contributed by atoms with Crippen molar-refractivity contribution < 1.29 is 9.53 Å². The van der Waals surface area contributed by atoms with Crippen molar-refractivity contribution in [3.8, 4) is 5.75 Å². The summed E-state index contributed by atoms with van der Waals surface area (Å²) in [6.07, 6.45) is 9.15. The Bertz CT molecular complexity index is 673. The number of nitrogens with zero attached hydrogens (tertiary/aromatic N) is 2. The van der Waals surface area contributed by atoms with Crippen molar-refractivity contribution >= 4 is 11.6 Å². The number of carbonyl (C=O) groups is 1. The SMILES string of the molecule is COc1cccc(N2CCN(C(=O)CC34CC5CC(CC(C5)C3)C4)CC2)c1. The lowest BCUT2D eigenvalue weighted by molar-refractivity contribution is -0.139. The van der Waals surface area contributed by atoms with Crippen molar-refractivity contribution in [3.63, 3.8) is 0 Å². The smallest absolute Gasteiger partial charge is 0.223 e. The standard InChI is InChI=1S/C23H32N2O2/c1-27-21-4-2-3-20(12-21)24-5-7-25(8-6-24)22(26)16-23-13-17-9-18(14-23)11-19(10-17)15-23/h2-4,12,17-19H,5-11,13-16H2,1H3. The van der Waals surface area contributed by atoms with Gasteiger partial charge in [0.2, 0.25) is 5.91 Å². The van der Waals surface area contributed by atoms with Crippen LogP contribution in [0.15, 0.2) is 24.3 Å². The van der Waals surface area contributed by atoms with E-state index in [9.17, 15) is 4.79 Å². The monoisotopic (exact) mass is 368 g/mol. The van der Waals surface area contributed by atoms with Gasteiger partial charge in [0, 0.05) is 44.4 Å². The molecule has 1 aromatic carbocycles. The van der Waals surface area contributed by atoms with Crippen molar-refractivity contribution in [2.45, 2.75) is 44.9 Å². The van der Waals surface area contributed by atoms with Crippen molar-refractivity contribution in [1.29, 1.82) is 0 Å². The number of piperazine rings is 1. The molecule has 1 aromatic rings. The number of hydrogen-bond donors (Lipinski definition) is 0. The van der Waals surface area contributed by atoms with E-state index in [-0.39, 0.29) is 0 Å². The average Bonchev–Trinajstić information content (AvgIpc) is 2.67. The molecule has 5 aliphatic rings. The molecule has 1 saturated heterocycles. The Hall–Kier alpha value is -1.71. The topological polar surface area (TPSA) is 32.8 Å². The molecule has 0 N–H and O–H groups in total. The van der Waals surface area contributed by atoms with Crippen LogP contribution in [0.5, 0.6) is 5.75 Å². The van der Waals surface area contributed by atoms with Gasteiger partial charge < -0.3 is 14.5 Å². The minimum Gasteiger partial charge on any atom is -0.497 e. The van der Waals surface area contributed by atoms with E-state index in [0.29, 0.717) is 11.3 Å². The molecule has 0 aromatic heterocycles. The molecule has 1 amide bonds. The summed E-state index contributed by atoms with van der Waals surface area (Å²) < 4.78 is 5.35. The summed E-state index contributed by atoms with van der Waals surface area (Å²) >= 11 is 0. The number of ether oxygens (including phenoxy) is 1. The predicted molar refractivity (Wildman–Crippen MR) is 107 cm³/mol. The van der Waals surface area contributed by atoms with Gasteiger partial charge in [0.1, 0.15) is 5.75 Å². The third-order valence-electron chi connectivity index (χ3n) is 7.74. The Balaban J connectivity index is 1.19. The largest absolute Gasteiger partial charge is 0.497 e. The third kappa shape index (κ3) is 3.32. The molecular formula is C23H32N2O2. The van der Waals surface area contributed by atoms with Gasteiger partial charge in [0.15, 0.2) is 0 Å². The lowest BCUT2D eigenvalue weighted by Crippen LogP contribution is -2.52. The average molecular weight is 369 g/mol. The number of methoxy groups -OCH3 is 1. The minimum atomic E-state index is 0.357. The number of benzene rings is 1. The van der Waals surface area contributed by atoms with Gasteiger partial charge in [0.05, 0.1) is 7.11 Å². The van der Waals surface area contributed by atoms with Gasteiger partial charge in [-0.3, -0.25) is 4.79 Å². The fourth-order valence-corrected chi connectivity index (χ4v) is 6.96. The molecule has 5 fully saturated rings. The molecule has 0 unspecified atom stereocenters. The van der Waals surface area contributed by atoms with Crippen LogP contribution < -0.4 is 9.64 Å². The molecule has 1 heterocycles. The fraction of sp³-hybridized carbons (Fsp3) is 0.696. The van der Waals surface area contributed by atoms with Crippen LogP contribution in [-0.2, 0) is 4.79 Å². The lowest BCUT2D eigenvalue weighted by Gasteiger charge is -2.57. The Morgan fingerprint density at radius 1 is 1.04 bits per heavy atom. The maximum absolute atomic E-state index is 13.1. The first-order chi connectivity index (χ1) is 13.1. The molecule has 4 bridgehead atoms. The molecule has 4 heteroatoms. The van der Waals surface area contributed by atoms with Crippen LogP contribution >= 0.6 is 0 Å². The van der Waals surface area contributed by atoms with E-state index < -0.39 is 0 Å². The van der Waals surface area contributed by atoms with E-state index in [0.717, 1.165) is 56.1 Å². The summed E-state index contributed by atoms with van der Waals surface area (Å²) in [4.78, 5) is 17.6. The second-order valence-corrected chi connectivity index (χ2v) is 9.66. The minimum absolute atomic E-state index is 0.357. The van der Waals surface area contributed by atoms with Crippen LogP contribution in [0, 0.1) is 23.2 Å². The van der Waals surface area contributed by atoms with Crippen molar-refractivity contribution in [3.05, 3.63) is 24.3 Å². The van der Waals surface area contributed by atoms with E-state index >= 15 is 0 Å². The van der Waals surface area contributed by atoms with E-state index in [1.165, 1.54) is 44.2 Å². The van der Waals surface area contributed by atoms with Crippen LogP contribution in [0.1, 0.15) is 44.9 Å². The third-order valence-corrected chi connectivity index (χ3v) is 7.74. The van der Waals surface area contributed by atoms with Crippen LogP contribution in [0.2, 0.25) is 0 Å². The molecule has 146 valence electrons. The molecule has 0 spiro atoms. The summed E-state index contributed by atoms with van der Waals surface area (Å²) in [6, 6.07) is 8.25. The van der Waals surface area contributed by atoms with Gasteiger partial charge in [-0.05, 0) is 73.8 Å². The number of rotatable bonds is 4. The Kier molecular flexibility index (Phi) is 4.33. The highest BCUT2D eigenvalue weighted by Gasteiger charge is 2.51. The van der Waals surface area contributed by atoms with Gasteiger partial charge in [-0.1, -0.05) is 6.07 Å². The Morgan fingerprint density at radius 3 is 2.26 bits per heavy atom. The van der Waals surface area contributed by atoms with E-state index in [1.807, 2.05) is 12.1 Å². The summed E-state index contributed by atoms with van der Waals surface area (Å²) in [7, 11) is 1.71. The molecule has 4 saturated carbocycles. The summed E-state index contributed by atoms with van der Waals surface area (Å²) in [5.41, 5.74) is 1.55. The van der Waals surface area contributed by atoms with E-state index in [1.54, 1.807) is 7.11 Å². The Morgan fingerprint density at radius 2 is 1.67 bits per heavy atom. The highest BCUT2D eigenvalue weighted by Crippen LogP contribution is 2.61. The zero-order valence-corrected chi connectivity index (χ0v) is 16.5. The van der Waals surface area contributed by atoms with E-state index in [2.05, 4.69) is 21.9 Å². The Labute approximate surface area is 162 Å². The first-order valence-electron chi connectivity index (χ1n) is 10.8. The maximum Gasteiger partial charge on any atom is 0.223 e. The van der Waals surface area contributed by atoms with Crippen molar-refractivity contribution in [2.75, 3.05) is 38.2 Å². The first kappa shape index (κ1) is 17.4. The van der Waals surface area contributed by atoms with Gasteiger partial charge in [-0.2, -0.15) is 0 Å². The zero-order chi connectivity index (χ0) is 18.4. The van der Waals surface area contributed by atoms with Gasteiger partial charge in [0.25, 0.3) is 0 Å². The second-order valence-electron chi connectivity index (χ2n) is 9.66. The molecule has 1 aliphatic heterocycles. The van der Waals surface area contributed by atoms with Crippen molar-refractivity contribution in [1.82, 2.24) is 4.90 Å². The van der Waals surface area contributed by atoms with Crippen LogP contribution in [0.3, 0.4) is 0 Å². The van der Waals surface area contributed by atoms with Crippen LogP contribution in [-0.4, -0.2) is 44.1 Å². The van der Waals surface area contributed by atoms with Gasteiger partial charge >= 0.3 is 0 Å². The molecule has 0 atom stereocenters. The molecule has 6 rings (SSSR count). The van der Waals surface area contributed by atoms with E-state index in [4.69, 9.17) is 4.74 Å². The highest BCUT2D eigenvalue weighted by atomic mass is 16.5.